The average Bonchev–Trinajstić information content (AvgIpc) is 3.00. The summed E-state index contributed by atoms with van der Waals surface area (Å²) in [6.07, 6.45) is 3.62. The van der Waals surface area contributed by atoms with Gasteiger partial charge in [-0.05, 0) is 13.8 Å². The summed E-state index contributed by atoms with van der Waals surface area (Å²) in [4.78, 5) is 8.92. The van der Waals surface area contributed by atoms with Gasteiger partial charge in [0.1, 0.15) is 4.64 Å². The first-order valence-electron chi connectivity index (χ1n) is 6.41. The second-order valence-electron chi connectivity index (χ2n) is 4.77. The lowest BCUT2D eigenvalue weighted by Gasteiger charge is -2.04. The highest BCUT2D eigenvalue weighted by Gasteiger charge is 2.13. The van der Waals surface area contributed by atoms with Crippen LogP contribution in [-0.2, 0) is 6.54 Å². The highest BCUT2D eigenvalue weighted by atomic mass is 32.1. The Hall–Kier alpha value is -2.28. The molecule has 0 aliphatic carbocycles. The lowest BCUT2D eigenvalue weighted by Crippen LogP contribution is -1.99. The first kappa shape index (κ1) is 11.5. The Labute approximate surface area is 119 Å². The molecule has 0 radical (unpaired) electrons. The zero-order valence-electron chi connectivity index (χ0n) is 11.1. The third-order valence-electron chi connectivity index (χ3n) is 3.47. The van der Waals surface area contributed by atoms with Gasteiger partial charge in [-0.15, -0.1) is 0 Å². The molecular formula is C13H12N6S. The SMILES string of the molecule is CCn1ncc2c1ncc1c(=S)nc3cc(C)[nH]n3c12. The van der Waals surface area contributed by atoms with Gasteiger partial charge in [0.15, 0.2) is 11.3 Å². The third-order valence-corrected chi connectivity index (χ3v) is 3.78. The molecule has 0 saturated heterocycles. The van der Waals surface area contributed by atoms with Crippen LogP contribution in [0.15, 0.2) is 18.5 Å². The standard InChI is InChI=1S/C13H12N6S/c1-3-18-12-8(6-15-18)11-9(5-14-12)13(20)16-10-4-7(2)17-19(10)11/h4-6,17H,3H2,1-2H3. The van der Waals surface area contributed by atoms with E-state index in [4.69, 9.17) is 12.2 Å². The largest absolute Gasteiger partial charge is 0.297 e. The number of H-pyrrole nitrogens is 1. The smallest absolute Gasteiger partial charge is 0.159 e. The molecule has 4 aromatic rings. The number of nitrogens with one attached hydrogen (secondary N) is 1. The molecule has 1 N–H and O–H groups in total. The number of fused-ring (bicyclic) bond motifs is 5. The van der Waals surface area contributed by atoms with Gasteiger partial charge in [0.05, 0.1) is 22.5 Å². The van der Waals surface area contributed by atoms with E-state index in [1.165, 1.54) is 0 Å². The van der Waals surface area contributed by atoms with Gasteiger partial charge in [-0.1, -0.05) is 12.2 Å². The molecule has 0 spiro atoms. The lowest BCUT2D eigenvalue weighted by atomic mass is 10.2. The van der Waals surface area contributed by atoms with Crippen molar-refractivity contribution >= 4 is 39.8 Å². The summed E-state index contributed by atoms with van der Waals surface area (Å²) in [6, 6.07) is 1.98. The van der Waals surface area contributed by atoms with E-state index in [1.807, 2.05) is 35.3 Å². The van der Waals surface area contributed by atoms with Gasteiger partial charge < -0.3 is 0 Å². The number of hydrogen-bond acceptors (Lipinski definition) is 4. The maximum Gasteiger partial charge on any atom is 0.159 e. The molecule has 100 valence electrons. The highest BCUT2D eigenvalue weighted by Crippen LogP contribution is 2.24. The minimum absolute atomic E-state index is 0.567. The Balaban J connectivity index is 2.35. The fraction of sp³-hybridized carbons (Fsp3) is 0.231. The summed E-state index contributed by atoms with van der Waals surface area (Å²) in [6.45, 7) is 4.83. The van der Waals surface area contributed by atoms with Crippen molar-refractivity contribution in [3.8, 4) is 0 Å². The summed E-state index contributed by atoms with van der Waals surface area (Å²) >= 11 is 5.38. The highest BCUT2D eigenvalue weighted by molar-refractivity contribution is 7.71. The maximum atomic E-state index is 5.38. The van der Waals surface area contributed by atoms with Crippen LogP contribution in [0.4, 0.5) is 0 Å². The van der Waals surface area contributed by atoms with Gasteiger partial charge in [-0.3, -0.25) is 5.10 Å². The lowest BCUT2D eigenvalue weighted by molar-refractivity contribution is 0.677. The second kappa shape index (κ2) is 3.86. The van der Waals surface area contributed by atoms with E-state index in [0.29, 0.717) is 4.64 Å². The van der Waals surface area contributed by atoms with Crippen molar-refractivity contribution in [1.82, 2.24) is 29.4 Å². The van der Waals surface area contributed by atoms with Gasteiger partial charge in [-0.2, -0.15) is 5.10 Å². The number of aromatic amines is 1. The van der Waals surface area contributed by atoms with Crippen LogP contribution in [-0.4, -0.2) is 29.4 Å². The van der Waals surface area contributed by atoms with Crippen molar-refractivity contribution < 1.29 is 0 Å². The zero-order valence-corrected chi connectivity index (χ0v) is 11.9. The zero-order chi connectivity index (χ0) is 13.9. The first-order valence-corrected chi connectivity index (χ1v) is 6.82. The van der Waals surface area contributed by atoms with Crippen LogP contribution in [0, 0.1) is 11.6 Å². The van der Waals surface area contributed by atoms with E-state index in [9.17, 15) is 0 Å². The molecule has 0 unspecified atom stereocenters. The molecule has 4 rings (SSSR count). The Morgan fingerprint density at radius 3 is 2.95 bits per heavy atom. The molecule has 0 saturated carbocycles. The van der Waals surface area contributed by atoms with Crippen molar-refractivity contribution in [3.63, 3.8) is 0 Å². The van der Waals surface area contributed by atoms with Crippen molar-refractivity contribution in [2.75, 3.05) is 0 Å². The number of pyridine rings is 1. The van der Waals surface area contributed by atoms with E-state index in [2.05, 4.69) is 20.2 Å². The molecule has 0 atom stereocenters. The van der Waals surface area contributed by atoms with Gasteiger partial charge in [-0.25, -0.2) is 19.2 Å². The number of aryl methyl sites for hydroxylation is 2. The molecule has 0 amide bonds. The van der Waals surface area contributed by atoms with Crippen LogP contribution < -0.4 is 0 Å². The number of nitrogens with zero attached hydrogens (tertiary/aromatic N) is 5. The van der Waals surface area contributed by atoms with Crippen molar-refractivity contribution in [1.29, 1.82) is 0 Å². The van der Waals surface area contributed by atoms with Crippen molar-refractivity contribution in [2.45, 2.75) is 20.4 Å². The first-order chi connectivity index (χ1) is 9.69. The molecule has 0 aromatic carbocycles. The molecular weight excluding hydrogens is 272 g/mol. The molecule has 0 fully saturated rings. The molecule has 4 heterocycles. The van der Waals surface area contributed by atoms with Crippen LogP contribution in [0.3, 0.4) is 0 Å². The summed E-state index contributed by atoms with van der Waals surface area (Å²) in [5.41, 5.74) is 3.70. The van der Waals surface area contributed by atoms with Crippen molar-refractivity contribution in [2.24, 2.45) is 0 Å². The Morgan fingerprint density at radius 2 is 2.15 bits per heavy atom. The molecule has 0 bridgehead atoms. The Kier molecular flexibility index (Phi) is 2.23. The molecule has 0 aliphatic heterocycles. The Morgan fingerprint density at radius 1 is 1.30 bits per heavy atom. The predicted octanol–water partition coefficient (Wildman–Crippen LogP) is 2.62. The average molecular weight is 284 g/mol. The molecule has 20 heavy (non-hydrogen) atoms. The van der Waals surface area contributed by atoms with E-state index >= 15 is 0 Å². The van der Waals surface area contributed by atoms with E-state index in [1.54, 1.807) is 6.20 Å². The predicted molar refractivity (Wildman–Crippen MR) is 79.4 cm³/mol. The van der Waals surface area contributed by atoms with Crippen LogP contribution in [0.1, 0.15) is 12.6 Å². The van der Waals surface area contributed by atoms with Crippen LogP contribution >= 0.6 is 12.2 Å². The van der Waals surface area contributed by atoms with Gasteiger partial charge in [0.2, 0.25) is 0 Å². The summed E-state index contributed by atoms with van der Waals surface area (Å²) in [7, 11) is 0. The monoisotopic (exact) mass is 284 g/mol. The van der Waals surface area contributed by atoms with Gasteiger partial charge in [0, 0.05) is 24.5 Å². The minimum atomic E-state index is 0.567. The van der Waals surface area contributed by atoms with E-state index in [0.717, 1.165) is 39.8 Å². The summed E-state index contributed by atoms with van der Waals surface area (Å²) < 4.78 is 4.39. The van der Waals surface area contributed by atoms with Crippen LogP contribution in [0.5, 0.6) is 0 Å². The van der Waals surface area contributed by atoms with E-state index in [-0.39, 0.29) is 0 Å². The molecule has 0 aliphatic rings. The maximum absolute atomic E-state index is 5.38. The number of aromatic nitrogens is 6. The quantitative estimate of drug-likeness (QED) is 0.546. The molecule has 6 nitrogen and oxygen atoms in total. The topological polar surface area (TPSA) is 63.8 Å². The normalized spacial score (nSPS) is 11.9. The molecule has 7 heteroatoms. The van der Waals surface area contributed by atoms with Crippen molar-refractivity contribution in [3.05, 3.63) is 28.8 Å². The Bertz CT molecular complexity index is 1020. The van der Waals surface area contributed by atoms with Gasteiger partial charge in [0.25, 0.3) is 0 Å². The van der Waals surface area contributed by atoms with Crippen LogP contribution in [0.2, 0.25) is 0 Å². The summed E-state index contributed by atoms with van der Waals surface area (Å²) in [5, 5.41) is 9.52. The van der Waals surface area contributed by atoms with Gasteiger partial charge >= 0.3 is 0 Å². The second-order valence-corrected chi connectivity index (χ2v) is 5.15. The summed E-state index contributed by atoms with van der Waals surface area (Å²) in [5.74, 6) is 0. The third kappa shape index (κ3) is 1.38. The number of rotatable bonds is 1. The fourth-order valence-corrected chi connectivity index (χ4v) is 2.83. The fourth-order valence-electron chi connectivity index (χ4n) is 2.58. The number of hydrogen-bond donors (Lipinski definition) is 1. The van der Waals surface area contributed by atoms with E-state index < -0.39 is 0 Å². The van der Waals surface area contributed by atoms with Crippen LogP contribution in [0.25, 0.3) is 27.6 Å². The minimum Gasteiger partial charge on any atom is -0.297 e. The molecule has 4 aromatic heterocycles.